The molecule has 0 saturated carbocycles. The van der Waals surface area contributed by atoms with Crippen LogP contribution in [0.3, 0.4) is 0 Å². The van der Waals surface area contributed by atoms with E-state index in [1.807, 2.05) is 0 Å². The van der Waals surface area contributed by atoms with E-state index < -0.39 is 24.2 Å². The third-order valence-corrected chi connectivity index (χ3v) is 5.66. The predicted molar refractivity (Wildman–Crippen MR) is 109 cm³/mol. The number of hydrogen-bond donors (Lipinski definition) is 3. The number of alkyl halides is 3. The van der Waals surface area contributed by atoms with Crippen molar-refractivity contribution in [2.45, 2.75) is 31.8 Å². The van der Waals surface area contributed by atoms with Gasteiger partial charge >= 0.3 is 6.36 Å². The number of amides is 3. The molecular formula is C21H18F3N6O4+. The molecule has 0 bridgehead atoms. The molecule has 4 heterocycles. The van der Waals surface area contributed by atoms with E-state index in [-0.39, 0.29) is 36.9 Å². The minimum Gasteiger partial charge on any atom is -0.388 e. The summed E-state index contributed by atoms with van der Waals surface area (Å²) in [5.41, 5.74) is 7.02. The van der Waals surface area contributed by atoms with Crippen molar-refractivity contribution in [3.05, 3.63) is 59.4 Å². The fourth-order valence-electron chi connectivity index (χ4n) is 4.09. The average molecular weight is 475 g/mol. The van der Waals surface area contributed by atoms with Crippen LogP contribution in [0.5, 0.6) is 5.88 Å². The molecule has 1 saturated heterocycles. The lowest BCUT2D eigenvalue weighted by Crippen LogP contribution is -2.97. The van der Waals surface area contributed by atoms with Crippen molar-refractivity contribution in [2.24, 2.45) is 0 Å². The minimum absolute atomic E-state index is 0.174. The van der Waals surface area contributed by atoms with E-state index in [1.54, 1.807) is 34.9 Å². The summed E-state index contributed by atoms with van der Waals surface area (Å²) in [6.45, 7) is 0.264. The molecule has 5 rings (SSSR count). The number of nitrogens with two attached hydrogens (primary N) is 1. The van der Waals surface area contributed by atoms with Gasteiger partial charge in [-0.15, -0.1) is 18.7 Å². The van der Waals surface area contributed by atoms with E-state index in [1.165, 1.54) is 17.0 Å². The van der Waals surface area contributed by atoms with Gasteiger partial charge in [-0.25, -0.2) is 10.4 Å². The number of ether oxygens (including phenoxy) is 1. The molecule has 10 nitrogen and oxygen atoms in total. The molecule has 1 unspecified atom stereocenters. The lowest BCUT2D eigenvalue weighted by atomic mass is 10.0. The number of pyridine rings is 1. The van der Waals surface area contributed by atoms with Crippen LogP contribution in [0.25, 0.3) is 5.70 Å². The number of nitrogens with one attached hydrogen (secondary N) is 2. The maximum atomic E-state index is 13.0. The summed E-state index contributed by atoms with van der Waals surface area (Å²) in [5.74, 6) is -1.71. The van der Waals surface area contributed by atoms with Gasteiger partial charge in [-0.1, -0.05) is 12.1 Å². The van der Waals surface area contributed by atoms with Crippen molar-refractivity contribution in [1.29, 1.82) is 0 Å². The molecule has 176 valence electrons. The van der Waals surface area contributed by atoms with Crippen LogP contribution in [0.4, 0.5) is 18.9 Å². The van der Waals surface area contributed by atoms with Crippen molar-refractivity contribution in [3.63, 3.8) is 0 Å². The maximum absolute atomic E-state index is 13.0. The van der Waals surface area contributed by atoms with Crippen LogP contribution in [0.1, 0.15) is 34.5 Å². The number of nitrogens with zero attached hydrogens (tertiary/aromatic N) is 3. The smallest absolute Gasteiger partial charge is 0.388 e. The first kappa shape index (κ1) is 21.7. The van der Waals surface area contributed by atoms with E-state index in [0.29, 0.717) is 16.9 Å². The molecule has 13 heteroatoms. The summed E-state index contributed by atoms with van der Waals surface area (Å²) in [4.78, 5) is 42.0. The van der Waals surface area contributed by atoms with E-state index in [9.17, 15) is 27.6 Å². The summed E-state index contributed by atoms with van der Waals surface area (Å²) >= 11 is 0. The Kier molecular flexibility index (Phi) is 5.12. The third kappa shape index (κ3) is 4.12. The van der Waals surface area contributed by atoms with Gasteiger partial charge < -0.3 is 9.64 Å². The molecule has 1 aromatic heterocycles. The number of quaternary nitrogens is 1. The zero-order chi connectivity index (χ0) is 24.0. The number of halogens is 3. The van der Waals surface area contributed by atoms with E-state index in [4.69, 9.17) is 0 Å². The number of hydrogen-bond acceptors (Lipinski definition) is 7. The van der Waals surface area contributed by atoms with Crippen molar-refractivity contribution in [3.8, 4) is 5.88 Å². The van der Waals surface area contributed by atoms with E-state index in [2.05, 4.69) is 20.5 Å². The molecule has 1 atom stereocenters. The van der Waals surface area contributed by atoms with Gasteiger partial charge in [-0.2, -0.15) is 5.01 Å². The number of benzene rings is 1. The van der Waals surface area contributed by atoms with Crippen molar-refractivity contribution >= 4 is 29.1 Å². The van der Waals surface area contributed by atoms with Crippen LogP contribution >= 0.6 is 0 Å². The number of carbonyl (C=O) groups is 3. The van der Waals surface area contributed by atoms with Gasteiger partial charge in [0.05, 0.1) is 17.6 Å². The highest BCUT2D eigenvalue weighted by Crippen LogP contribution is 2.31. The summed E-state index contributed by atoms with van der Waals surface area (Å²) < 4.78 is 41.3. The zero-order valence-electron chi connectivity index (χ0n) is 17.4. The molecular weight excluding hydrogens is 457 g/mol. The molecule has 0 aliphatic carbocycles. The first-order valence-corrected chi connectivity index (χ1v) is 10.3. The second-order valence-corrected chi connectivity index (χ2v) is 7.87. The summed E-state index contributed by atoms with van der Waals surface area (Å²) in [6.07, 6.45) is -2.77. The largest absolute Gasteiger partial charge is 0.574 e. The molecule has 4 N–H and O–H groups in total. The quantitative estimate of drug-likeness (QED) is 0.436. The van der Waals surface area contributed by atoms with Crippen LogP contribution in [-0.2, 0) is 16.1 Å². The first-order chi connectivity index (χ1) is 16.2. The lowest BCUT2D eigenvalue weighted by molar-refractivity contribution is -0.696. The van der Waals surface area contributed by atoms with Gasteiger partial charge in [-0.3, -0.25) is 19.7 Å². The predicted octanol–water partition coefficient (Wildman–Crippen LogP) is 0.543. The Balaban J connectivity index is 1.34. The van der Waals surface area contributed by atoms with Crippen LogP contribution in [0.2, 0.25) is 0 Å². The monoisotopic (exact) mass is 475 g/mol. The second-order valence-electron chi connectivity index (χ2n) is 7.87. The Morgan fingerprint density at radius 2 is 1.97 bits per heavy atom. The number of fused-ring (bicyclic) bond motifs is 1. The van der Waals surface area contributed by atoms with Gasteiger partial charge in [0.2, 0.25) is 17.7 Å². The topological polar surface area (TPSA) is 120 Å². The highest BCUT2D eigenvalue weighted by atomic mass is 19.4. The molecule has 0 spiro atoms. The molecule has 2 aromatic rings. The molecule has 1 fully saturated rings. The zero-order valence-corrected chi connectivity index (χ0v) is 17.4. The van der Waals surface area contributed by atoms with Crippen molar-refractivity contribution < 1.29 is 37.8 Å². The Bertz CT molecular complexity index is 1230. The molecule has 1 aromatic carbocycles. The Labute approximate surface area is 190 Å². The Hall–Kier alpha value is -4.13. The lowest BCUT2D eigenvalue weighted by Gasteiger charge is -2.29. The van der Waals surface area contributed by atoms with Crippen LogP contribution < -0.4 is 26.0 Å². The second kappa shape index (κ2) is 8.02. The number of anilines is 1. The van der Waals surface area contributed by atoms with Crippen LogP contribution in [0.15, 0.2) is 42.6 Å². The van der Waals surface area contributed by atoms with Gasteiger partial charge in [0.1, 0.15) is 11.7 Å². The highest BCUT2D eigenvalue weighted by molar-refractivity contribution is 6.05. The number of piperidine rings is 1. The number of rotatable bonds is 4. The Morgan fingerprint density at radius 1 is 1.15 bits per heavy atom. The summed E-state index contributed by atoms with van der Waals surface area (Å²) in [5, 5.41) is 3.93. The standard InChI is InChI=1S/C21H17F3N6O4/c22-21(23,24)34-18-3-1-2-14(25-18)15-10-30(28-27-15)12-5-4-11-9-29(20(33)13(11)8-12)16-6-7-17(31)26-19(16)32/h1-5,8,10,16,27-28H,6-7,9H2,(H,26,31,32)/p+1. The first-order valence-electron chi connectivity index (χ1n) is 10.3. The van der Waals surface area contributed by atoms with E-state index in [0.717, 1.165) is 11.6 Å². The number of imide groups is 1. The summed E-state index contributed by atoms with van der Waals surface area (Å²) in [7, 11) is 0. The maximum Gasteiger partial charge on any atom is 0.574 e. The van der Waals surface area contributed by atoms with Crippen LogP contribution in [0, 0.1) is 0 Å². The fraction of sp³-hybridized carbons (Fsp3) is 0.238. The van der Waals surface area contributed by atoms with Gasteiger partial charge in [-0.05, 0) is 30.2 Å². The third-order valence-electron chi connectivity index (χ3n) is 5.66. The van der Waals surface area contributed by atoms with Gasteiger partial charge in [0.15, 0.2) is 0 Å². The van der Waals surface area contributed by atoms with E-state index >= 15 is 0 Å². The highest BCUT2D eigenvalue weighted by Gasteiger charge is 2.39. The SMILES string of the molecule is O=C1CCC(N2Cc3ccc(N4C=C(c5cccc(OC(F)(F)F)n5)N[NH2+]4)cc3C2=O)C(=O)N1. The molecule has 3 aliphatic rings. The van der Waals surface area contributed by atoms with Gasteiger partial charge in [0.25, 0.3) is 5.91 Å². The summed E-state index contributed by atoms with van der Waals surface area (Å²) in [6, 6.07) is 8.57. The average Bonchev–Trinajstić information content (AvgIpc) is 3.38. The van der Waals surface area contributed by atoms with Gasteiger partial charge in [0, 0.05) is 24.6 Å². The molecule has 3 aliphatic heterocycles. The number of aromatic nitrogens is 1. The molecule has 0 radical (unpaired) electrons. The van der Waals surface area contributed by atoms with Crippen LogP contribution in [-0.4, -0.2) is 40.0 Å². The van der Waals surface area contributed by atoms with Crippen molar-refractivity contribution in [1.82, 2.24) is 20.6 Å². The molecule has 3 amide bonds. The Morgan fingerprint density at radius 3 is 2.74 bits per heavy atom. The molecule has 34 heavy (non-hydrogen) atoms. The minimum atomic E-state index is -4.85. The fourth-order valence-corrected chi connectivity index (χ4v) is 4.09. The normalized spacial score (nSPS) is 20.1. The van der Waals surface area contributed by atoms with Crippen molar-refractivity contribution in [2.75, 3.05) is 5.01 Å². The number of carbonyl (C=O) groups excluding carboxylic acids is 3.